The Bertz CT molecular complexity index is 1100. The lowest BCUT2D eigenvalue weighted by Crippen LogP contribution is -2.22. The van der Waals surface area contributed by atoms with Crippen molar-refractivity contribution in [2.75, 3.05) is 12.9 Å². The van der Waals surface area contributed by atoms with Crippen LogP contribution in [-0.4, -0.2) is 32.2 Å². The van der Waals surface area contributed by atoms with Gasteiger partial charge in [0, 0.05) is 31.0 Å². The molecule has 162 valence electrons. The van der Waals surface area contributed by atoms with Gasteiger partial charge in [0.25, 0.3) is 0 Å². The average molecular weight is 439 g/mol. The summed E-state index contributed by atoms with van der Waals surface area (Å²) in [6.07, 6.45) is 4.79. The molecule has 1 amide bonds. The third-order valence-electron chi connectivity index (χ3n) is 4.70. The van der Waals surface area contributed by atoms with E-state index >= 15 is 0 Å². The molecule has 3 rings (SSSR count). The number of sulfone groups is 1. The number of carbonyl (C=O) groups is 1. The molecule has 1 N–H and O–H groups in total. The van der Waals surface area contributed by atoms with Crippen LogP contribution >= 0.6 is 0 Å². The van der Waals surface area contributed by atoms with E-state index in [1.807, 2.05) is 42.5 Å². The topological polar surface area (TPSA) is 85.4 Å². The van der Waals surface area contributed by atoms with Gasteiger partial charge in [-0.15, -0.1) is 0 Å². The third-order valence-corrected chi connectivity index (χ3v) is 5.83. The second-order valence-electron chi connectivity index (χ2n) is 7.24. The quantitative estimate of drug-likeness (QED) is 0.483. The molecule has 1 aromatic heterocycles. The third kappa shape index (κ3) is 7.22. The maximum atomic E-state index is 12.1. The van der Waals surface area contributed by atoms with Crippen molar-refractivity contribution in [3.8, 4) is 17.0 Å². The zero-order valence-corrected chi connectivity index (χ0v) is 18.3. The highest BCUT2D eigenvalue weighted by Crippen LogP contribution is 2.18. The van der Waals surface area contributed by atoms with Gasteiger partial charge in [0.2, 0.25) is 5.91 Å². The zero-order chi connectivity index (χ0) is 22.1. The molecular weight excluding hydrogens is 412 g/mol. The molecule has 1 heterocycles. The Balaban J connectivity index is 1.35. The average Bonchev–Trinajstić information content (AvgIpc) is 2.78. The second-order valence-corrected chi connectivity index (χ2v) is 9.26. The molecule has 0 bridgehead atoms. The summed E-state index contributed by atoms with van der Waals surface area (Å²) in [4.78, 5) is 16.8. The van der Waals surface area contributed by atoms with Crippen molar-refractivity contribution in [2.45, 2.75) is 30.7 Å². The number of unbranched alkanes of at least 4 members (excludes halogenated alkanes) is 1. The van der Waals surface area contributed by atoms with Crippen LogP contribution in [0.5, 0.6) is 5.75 Å². The normalized spacial score (nSPS) is 11.1. The van der Waals surface area contributed by atoms with E-state index in [2.05, 4.69) is 10.3 Å². The molecular formula is C24H26N2O4S. The first-order chi connectivity index (χ1) is 14.9. The first-order valence-electron chi connectivity index (χ1n) is 10.1. The van der Waals surface area contributed by atoms with Crippen molar-refractivity contribution >= 4 is 15.7 Å². The molecule has 0 aliphatic carbocycles. The number of ether oxygens (including phenoxy) is 1. The van der Waals surface area contributed by atoms with Crippen molar-refractivity contribution in [1.29, 1.82) is 0 Å². The SMILES string of the molecule is CS(=O)(=O)c1ccc(OCCCCC(=O)NCc2ccnc(-c3ccccc3)c2)cc1. The van der Waals surface area contributed by atoms with E-state index in [9.17, 15) is 13.2 Å². The van der Waals surface area contributed by atoms with E-state index in [0.29, 0.717) is 31.7 Å². The Hall–Kier alpha value is -3.19. The number of nitrogens with one attached hydrogen (secondary N) is 1. The van der Waals surface area contributed by atoms with Crippen molar-refractivity contribution in [2.24, 2.45) is 0 Å². The van der Waals surface area contributed by atoms with Gasteiger partial charge in [-0.05, 0) is 54.8 Å². The predicted molar refractivity (Wildman–Crippen MR) is 120 cm³/mol. The van der Waals surface area contributed by atoms with Gasteiger partial charge in [0.1, 0.15) is 5.75 Å². The van der Waals surface area contributed by atoms with E-state index < -0.39 is 9.84 Å². The summed E-state index contributed by atoms with van der Waals surface area (Å²) in [6, 6.07) is 20.1. The van der Waals surface area contributed by atoms with Crippen LogP contribution < -0.4 is 10.1 Å². The fourth-order valence-corrected chi connectivity index (χ4v) is 3.63. The zero-order valence-electron chi connectivity index (χ0n) is 17.5. The number of hydrogen-bond acceptors (Lipinski definition) is 5. The summed E-state index contributed by atoms with van der Waals surface area (Å²) in [5, 5.41) is 2.94. The van der Waals surface area contributed by atoms with Gasteiger partial charge in [-0.1, -0.05) is 30.3 Å². The maximum absolute atomic E-state index is 12.1. The summed E-state index contributed by atoms with van der Waals surface area (Å²) < 4.78 is 28.5. The van der Waals surface area contributed by atoms with Gasteiger partial charge >= 0.3 is 0 Å². The number of hydrogen-bond donors (Lipinski definition) is 1. The lowest BCUT2D eigenvalue weighted by molar-refractivity contribution is -0.121. The van der Waals surface area contributed by atoms with E-state index in [4.69, 9.17) is 4.74 Å². The fourth-order valence-electron chi connectivity index (χ4n) is 3.00. The number of pyridine rings is 1. The molecule has 6 nitrogen and oxygen atoms in total. The summed E-state index contributed by atoms with van der Waals surface area (Å²) in [6.45, 7) is 0.931. The number of amides is 1. The molecule has 7 heteroatoms. The highest BCUT2D eigenvalue weighted by atomic mass is 32.2. The Morgan fingerprint density at radius 3 is 2.45 bits per heavy atom. The van der Waals surface area contributed by atoms with Crippen molar-refractivity contribution < 1.29 is 17.9 Å². The lowest BCUT2D eigenvalue weighted by Gasteiger charge is -2.08. The monoisotopic (exact) mass is 438 g/mol. The minimum Gasteiger partial charge on any atom is -0.494 e. The van der Waals surface area contributed by atoms with Crippen LogP contribution in [-0.2, 0) is 21.2 Å². The molecule has 0 spiro atoms. The van der Waals surface area contributed by atoms with Crippen LogP contribution in [0.15, 0.2) is 77.8 Å². The molecule has 3 aromatic rings. The molecule has 0 aliphatic rings. The van der Waals surface area contributed by atoms with Crippen LogP contribution in [0.3, 0.4) is 0 Å². The minimum atomic E-state index is -3.20. The van der Waals surface area contributed by atoms with E-state index in [1.54, 1.807) is 18.3 Å². The van der Waals surface area contributed by atoms with Crippen LogP contribution in [0.25, 0.3) is 11.3 Å². The summed E-state index contributed by atoms with van der Waals surface area (Å²) in [5.41, 5.74) is 2.93. The van der Waals surface area contributed by atoms with Crippen molar-refractivity contribution in [3.63, 3.8) is 0 Å². The highest BCUT2D eigenvalue weighted by molar-refractivity contribution is 7.90. The van der Waals surface area contributed by atoms with Crippen molar-refractivity contribution in [1.82, 2.24) is 10.3 Å². The second kappa shape index (κ2) is 10.7. The first kappa shape index (κ1) is 22.5. The molecule has 0 aliphatic heterocycles. The standard InChI is InChI=1S/C24H26N2O4S/c1-31(28,29)22-12-10-21(11-13-22)30-16-6-5-9-24(27)26-18-19-14-15-25-23(17-19)20-7-3-2-4-8-20/h2-4,7-8,10-15,17H,5-6,9,16,18H2,1H3,(H,26,27). The molecule has 2 aromatic carbocycles. The van der Waals surface area contributed by atoms with Crippen LogP contribution in [0, 0.1) is 0 Å². The summed E-state index contributed by atoms with van der Waals surface area (Å²) in [7, 11) is -3.20. The molecule has 0 unspecified atom stereocenters. The van der Waals surface area contributed by atoms with Crippen LogP contribution in [0.2, 0.25) is 0 Å². The summed E-state index contributed by atoms with van der Waals surface area (Å²) >= 11 is 0. The molecule has 0 saturated carbocycles. The minimum absolute atomic E-state index is 0.00409. The number of carbonyl (C=O) groups excluding carboxylic acids is 1. The smallest absolute Gasteiger partial charge is 0.220 e. The molecule has 31 heavy (non-hydrogen) atoms. The molecule has 0 atom stereocenters. The molecule has 0 saturated heterocycles. The van der Waals surface area contributed by atoms with Gasteiger partial charge in [-0.25, -0.2) is 8.42 Å². The summed E-state index contributed by atoms with van der Waals surface area (Å²) in [5.74, 6) is 0.610. The van der Waals surface area contributed by atoms with Gasteiger partial charge in [-0.2, -0.15) is 0 Å². The largest absolute Gasteiger partial charge is 0.494 e. The Morgan fingerprint density at radius 1 is 1.00 bits per heavy atom. The number of benzene rings is 2. The first-order valence-corrected chi connectivity index (χ1v) is 12.0. The fraction of sp³-hybridized carbons (Fsp3) is 0.250. The molecule has 0 fully saturated rings. The van der Waals surface area contributed by atoms with E-state index in [1.165, 1.54) is 18.4 Å². The van der Waals surface area contributed by atoms with E-state index in [0.717, 1.165) is 23.2 Å². The predicted octanol–water partition coefficient (Wildman–Crippen LogP) is 4.02. The van der Waals surface area contributed by atoms with Gasteiger partial charge in [0.05, 0.1) is 17.2 Å². The van der Waals surface area contributed by atoms with Gasteiger partial charge < -0.3 is 10.1 Å². The Labute approximate surface area is 183 Å². The molecule has 0 radical (unpaired) electrons. The number of aromatic nitrogens is 1. The number of rotatable bonds is 10. The van der Waals surface area contributed by atoms with Gasteiger partial charge in [0.15, 0.2) is 9.84 Å². The Kier molecular flexibility index (Phi) is 7.78. The van der Waals surface area contributed by atoms with Crippen LogP contribution in [0.1, 0.15) is 24.8 Å². The maximum Gasteiger partial charge on any atom is 0.220 e. The highest BCUT2D eigenvalue weighted by Gasteiger charge is 2.07. The number of nitrogens with zero attached hydrogens (tertiary/aromatic N) is 1. The Morgan fingerprint density at radius 2 is 1.74 bits per heavy atom. The van der Waals surface area contributed by atoms with E-state index in [-0.39, 0.29) is 10.8 Å². The van der Waals surface area contributed by atoms with Gasteiger partial charge in [-0.3, -0.25) is 9.78 Å². The lowest BCUT2D eigenvalue weighted by atomic mass is 10.1. The van der Waals surface area contributed by atoms with Crippen molar-refractivity contribution in [3.05, 3.63) is 78.5 Å². The van der Waals surface area contributed by atoms with Crippen LogP contribution in [0.4, 0.5) is 0 Å².